The number of hydrogen-bond acceptors (Lipinski definition) is 5. The second kappa shape index (κ2) is 5.54. The first-order valence-electron chi connectivity index (χ1n) is 8.31. The maximum Gasteiger partial charge on any atom is 0.136 e. The Kier molecular flexibility index (Phi) is 3.55. The lowest BCUT2D eigenvalue weighted by Gasteiger charge is -2.45. The van der Waals surface area contributed by atoms with Crippen LogP contribution in [0.3, 0.4) is 0 Å². The van der Waals surface area contributed by atoms with Gasteiger partial charge in [-0.05, 0) is 26.4 Å². The molecular formula is C16H25N5. The van der Waals surface area contributed by atoms with Gasteiger partial charge in [0.05, 0.1) is 5.69 Å². The molecule has 3 aliphatic heterocycles. The smallest absolute Gasteiger partial charge is 0.136 e. The summed E-state index contributed by atoms with van der Waals surface area (Å²) in [7, 11) is 2.19. The van der Waals surface area contributed by atoms with Crippen LogP contribution >= 0.6 is 0 Å². The summed E-state index contributed by atoms with van der Waals surface area (Å²) in [5, 5.41) is 0. The van der Waals surface area contributed by atoms with E-state index in [0.29, 0.717) is 0 Å². The molecular weight excluding hydrogens is 262 g/mol. The number of piperidine rings is 1. The number of rotatable bonds is 1. The Morgan fingerprint density at radius 1 is 1.10 bits per heavy atom. The fraction of sp³-hybridized carbons (Fsp3) is 0.750. The standard InChI is InChI=1S/C16H25N5/c1-19-7-5-15-14(11-19)16(18-12-17-15)21-9-8-20-6-3-2-4-13(20)10-21/h12-13H,2-11H2,1H3/t13-/m0/s1. The largest absolute Gasteiger partial charge is 0.353 e. The molecule has 0 amide bonds. The van der Waals surface area contributed by atoms with Crippen LogP contribution < -0.4 is 4.90 Å². The molecule has 0 aromatic carbocycles. The van der Waals surface area contributed by atoms with E-state index in [-0.39, 0.29) is 0 Å². The van der Waals surface area contributed by atoms with Crippen LogP contribution in [-0.2, 0) is 13.0 Å². The van der Waals surface area contributed by atoms with Crippen LogP contribution in [0, 0.1) is 0 Å². The predicted octanol–water partition coefficient (Wildman–Crippen LogP) is 1.14. The minimum Gasteiger partial charge on any atom is -0.353 e. The molecule has 0 saturated carbocycles. The van der Waals surface area contributed by atoms with Gasteiger partial charge in [-0.25, -0.2) is 9.97 Å². The lowest BCUT2D eigenvalue weighted by atomic mass is 9.98. The minimum absolute atomic E-state index is 0.736. The van der Waals surface area contributed by atoms with Gasteiger partial charge in [0.25, 0.3) is 0 Å². The van der Waals surface area contributed by atoms with Crippen molar-refractivity contribution in [2.45, 2.75) is 38.3 Å². The van der Waals surface area contributed by atoms with Crippen LogP contribution in [0.15, 0.2) is 6.33 Å². The van der Waals surface area contributed by atoms with Crippen LogP contribution in [-0.4, -0.2) is 65.6 Å². The maximum absolute atomic E-state index is 4.66. The van der Waals surface area contributed by atoms with Gasteiger partial charge in [-0.1, -0.05) is 6.42 Å². The highest BCUT2D eigenvalue weighted by molar-refractivity contribution is 5.50. The minimum atomic E-state index is 0.736. The van der Waals surface area contributed by atoms with Crippen LogP contribution in [0.5, 0.6) is 0 Å². The van der Waals surface area contributed by atoms with Gasteiger partial charge in [-0.15, -0.1) is 0 Å². The Hall–Kier alpha value is -1.20. The molecule has 0 unspecified atom stereocenters. The second-order valence-corrected chi connectivity index (χ2v) is 6.74. The lowest BCUT2D eigenvalue weighted by Crippen LogP contribution is -2.55. The van der Waals surface area contributed by atoms with Crippen molar-refractivity contribution in [2.24, 2.45) is 0 Å². The van der Waals surface area contributed by atoms with Gasteiger partial charge in [0.15, 0.2) is 0 Å². The number of hydrogen-bond donors (Lipinski definition) is 0. The molecule has 3 aliphatic rings. The van der Waals surface area contributed by atoms with Gasteiger partial charge in [0.2, 0.25) is 0 Å². The quantitative estimate of drug-likeness (QED) is 0.774. The Morgan fingerprint density at radius 2 is 2.05 bits per heavy atom. The molecule has 114 valence electrons. The summed E-state index contributed by atoms with van der Waals surface area (Å²) >= 11 is 0. The Labute approximate surface area is 127 Å². The summed E-state index contributed by atoms with van der Waals surface area (Å²) in [6.45, 7) is 6.86. The molecule has 1 atom stereocenters. The van der Waals surface area contributed by atoms with Gasteiger partial charge < -0.3 is 9.80 Å². The monoisotopic (exact) mass is 287 g/mol. The summed E-state index contributed by atoms with van der Waals surface area (Å²) in [5.41, 5.74) is 2.64. The van der Waals surface area contributed by atoms with Crippen LogP contribution in [0.25, 0.3) is 0 Å². The molecule has 4 rings (SSSR count). The molecule has 1 aromatic heterocycles. The Morgan fingerprint density at radius 3 is 3.00 bits per heavy atom. The number of nitrogens with zero attached hydrogens (tertiary/aromatic N) is 5. The first-order valence-corrected chi connectivity index (χ1v) is 8.31. The molecule has 0 spiro atoms. The van der Waals surface area contributed by atoms with Gasteiger partial charge in [0, 0.05) is 50.7 Å². The van der Waals surface area contributed by atoms with Gasteiger partial charge in [0.1, 0.15) is 12.1 Å². The normalized spacial score (nSPS) is 27.3. The Bertz CT molecular complexity index is 517. The number of aromatic nitrogens is 2. The van der Waals surface area contributed by atoms with Gasteiger partial charge in [-0.2, -0.15) is 0 Å². The van der Waals surface area contributed by atoms with E-state index in [4.69, 9.17) is 0 Å². The van der Waals surface area contributed by atoms with Crippen LogP contribution in [0.4, 0.5) is 5.82 Å². The molecule has 5 heteroatoms. The predicted molar refractivity (Wildman–Crippen MR) is 83.5 cm³/mol. The summed E-state index contributed by atoms with van der Waals surface area (Å²) < 4.78 is 0. The van der Waals surface area contributed by atoms with Crippen molar-refractivity contribution >= 4 is 5.82 Å². The van der Waals surface area contributed by atoms with Crippen LogP contribution in [0.1, 0.15) is 30.5 Å². The third-order valence-electron chi connectivity index (χ3n) is 5.31. The summed E-state index contributed by atoms with van der Waals surface area (Å²) in [6, 6.07) is 0.736. The van der Waals surface area contributed by atoms with E-state index in [9.17, 15) is 0 Å². The zero-order valence-electron chi connectivity index (χ0n) is 13.0. The van der Waals surface area contributed by atoms with E-state index < -0.39 is 0 Å². The van der Waals surface area contributed by atoms with E-state index in [1.54, 1.807) is 6.33 Å². The first-order chi connectivity index (χ1) is 10.3. The second-order valence-electron chi connectivity index (χ2n) is 6.74. The van der Waals surface area contributed by atoms with E-state index >= 15 is 0 Å². The molecule has 21 heavy (non-hydrogen) atoms. The van der Waals surface area contributed by atoms with E-state index in [1.165, 1.54) is 49.4 Å². The lowest BCUT2D eigenvalue weighted by molar-refractivity contribution is 0.133. The van der Waals surface area contributed by atoms with Crippen molar-refractivity contribution in [3.05, 3.63) is 17.6 Å². The van der Waals surface area contributed by atoms with Crippen molar-refractivity contribution in [3.63, 3.8) is 0 Å². The number of anilines is 1. The molecule has 5 nitrogen and oxygen atoms in total. The highest BCUT2D eigenvalue weighted by atomic mass is 15.3. The molecule has 2 saturated heterocycles. The summed E-state index contributed by atoms with van der Waals surface area (Å²) in [4.78, 5) is 16.8. The number of likely N-dealkylation sites (N-methyl/N-ethyl adjacent to an activating group) is 1. The average molecular weight is 287 g/mol. The average Bonchev–Trinajstić information content (AvgIpc) is 2.54. The molecule has 0 bridgehead atoms. The Balaban J connectivity index is 1.59. The molecule has 4 heterocycles. The summed E-state index contributed by atoms with van der Waals surface area (Å²) in [5.74, 6) is 1.21. The van der Waals surface area contributed by atoms with E-state index in [0.717, 1.165) is 38.6 Å². The number of fused-ring (bicyclic) bond motifs is 2. The highest BCUT2D eigenvalue weighted by Gasteiger charge is 2.31. The van der Waals surface area contributed by atoms with Crippen molar-refractivity contribution in [1.82, 2.24) is 19.8 Å². The first kappa shape index (κ1) is 13.5. The third kappa shape index (κ3) is 2.53. The van der Waals surface area contributed by atoms with Gasteiger partial charge >= 0.3 is 0 Å². The van der Waals surface area contributed by atoms with Crippen LogP contribution in [0.2, 0.25) is 0 Å². The zero-order valence-corrected chi connectivity index (χ0v) is 13.0. The molecule has 1 aromatic rings. The fourth-order valence-corrected chi connectivity index (χ4v) is 4.08. The van der Waals surface area contributed by atoms with Gasteiger partial charge in [-0.3, -0.25) is 4.90 Å². The van der Waals surface area contributed by atoms with Crippen molar-refractivity contribution in [2.75, 3.05) is 44.7 Å². The SMILES string of the molecule is CN1CCc2ncnc(N3CCN4CCCC[C@H]4C3)c2C1. The maximum atomic E-state index is 4.66. The topological polar surface area (TPSA) is 35.5 Å². The zero-order chi connectivity index (χ0) is 14.2. The van der Waals surface area contributed by atoms with Crippen molar-refractivity contribution < 1.29 is 0 Å². The van der Waals surface area contributed by atoms with Crippen molar-refractivity contribution in [1.29, 1.82) is 0 Å². The molecule has 0 aliphatic carbocycles. The summed E-state index contributed by atoms with van der Waals surface area (Å²) in [6.07, 6.45) is 6.95. The molecule has 0 radical (unpaired) electrons. The van der Waals surface area contributed by atoms with E-state index in [2.05, 4.69) is 31.7 Å². The van der Waals surface area contributed by atoms with Crippen molar-refractivity contribution in [3.8, 4) is 0 Å². The molecule has 2 fully saturated rings. The third-order valence-corrected chi connectivity index (χ3v) is 5.31. The fourth-order valence-electron chi connectivity index (χ4n) is 4.08. The highest BCUT2D eigenvalue weighted by Crippen LogP contribution is 2.29. The number of piperazine rings is 1. The molecule has 0 N–H and O–H groups in total. The van der Waals surface area contributed by atoms with E-state index in [1.807, 2.05) is 0 Å².